The molecule has 0 aromatic heterocycles. The van der Waals surface area contributed by atoms with Gasteiger partial charge in [-0.3, -0.25) is 0 Å². The Kier molecular flexibility index (Phi) is 2.76. The average Bonchev–Trinajstić information content (AvgIpc) is 2.58. The van der Waals surface area contributed by atoms with Gasteiger partial charge in [0.15, 0.2) is 0 Å². The quantitative estimate of drug-likeness (QED) is 0.551. The Labute approximate surface area is 102 Å². The van der Waals surface area contributed by atoms with E-state index in [2.05, 4.69) is 53.7 Å². The maximum atomic E-state index is 2.50. The zero-order valence-electron chi connectivity index (χ0n) is 11.9. The fourth-order valence-corrected chi connectivity index (χ4v) is 4.79. The summed E-state index contributed by atoms with van der Waals surface area (Å²) >= 11 is 0. The van der Waals surface area contributed by atoms with Gasteiger partial charge < -0.3 is 0 Å². The van der Waals surface area contributed by atoms with Crippen LogP contribution in [0.2, 0.25) is 0 Å². The molecule has 2 rings (SSSR count). The van der Waals surface area contributed by atoms with E-state index in [9.17, 15) is 0 Å². The minimum absolute atomic E-state index is 0.432. The van der Waals surface area contributed by atoms with Crippen molar-refractivity contribution < 1.29 is 0 Å². The highest BCUT2D eigenvalue weighted by atomic mass is 14.5. The van der Waals surface area contributed by atoms with Crippen molar-refractivity contribution in [3.63, 3.8) is 0 Å². The first-order chi connectivity index (χ1) is 7.19. The molecule has 0 heterocycles. The Balaban J connectivity index is 2.24. The normalized spacial score (nSPS) is 34.1. The van der Waals surface area contributed by atoms with Gasteiger partial charge in [0, 0.05) is 0 Å². The third-order valence-corrected chi connectivity index (χ3v) is 4.62. The summed E-state index contributed by atoms with van der Waals surface area (Å²) in [5.74, 6) is 3.55. The Morgan fingerprint density at radius 3 is 1.75 bits per heavy atom. The van der Waals surface area contributed by atoms with Gasteiger partial charge in [0.25, 0.3) is 0 Å². The van der Waals surface area contributed by atoms with Crippen molar-refractivity contribution in [3.05, 3.63) is 12.2 Å². The molecule has 0 heteroatoms. The maximum absolute atomic E-state index is 2.50. The number of hydrogen-bond acceptors (Lipinski definition) is 0. The molecule has 0 aliphatic heterocycles. The van der Waals surface area contributed by atoms with E-state index in [1.807, 2.05) is 0 Å². The summed E-state index contributed by atoms with van der Waals surface area (Å²) in [6, 6.07) is 0. The van der Waals surface area contributed by atoms with E-state index in [0.29, 0.717) is 10.8 Å². The minimum Gasteiger partial charge on any atom is -0.0851 e. The van der Waals surface area contributed by atoms with Gasteiger partial charge in [0.2, 0.25) is 0 Å². The van der Waals surface area contributed by atoms with E-state index in [1.54, 1.807) is 0 Å². The van der Waals surface area contributed by atoms with Crippen molar-refractivity contribution in [2.75, 3.05) is 0 Å². The van der Waals surface area contributed by atoms with Crippen molar-refractivity contribution in [1.82, 2.24) is 0 Å². The molecule has 2 aliphatic carbocycles. The SMILES string of the molecule is CC(C)(C)C(C1CC2C=CC1C2)C(C)(C)C. The lowest BCUT2D eigenvalue weighted by Gasteiger charge is -2.46. The first-order valence-electron chi connectivity index (χ1n) is 6.88. The molecule has 92 valence electrons. The highest BCUT2D eigenvalue weighted by Crippen LogP contribution is 2.55. The first-order valence-corrected chi connectivity index (χ1v) is 6.88. The Hall–Kier alpha value is -0.260. The molecule has 3 unspecified atom stereocenters. The summed E-state index contributed by atoms with van der Waals surface area (Å²) in [4.78, 5) is 0. The van der Waals surface area contributed by atoms with Gasteiger partial charge in [0.05, 0.1) is 0 Å². The van der Waals surface area contributed by atoms with Gasteiger partial charge in [-0.1, -0.05) is 53.7 Å². The van der Waals surface area contributed by atoms with Crippen LogP contribution in [0.25, 0.3) is 0 Å². The van der Waals surface area contributed by atoms with Crippen LogP contribution in [0.4, 0.5) is 0 Å². The molecule has 0 nitrogen and oxygen atoms in total. The van der Waals surface area contributed by atoms with Gasteiger partial charge in [-0.05, 0) is 47.3 Å². The van der Waals surface area contributed by atoms with Gasteiger partial charge in [-0.15, -0.1) is 0 Å². The lowest BCUT2D eigenvalue weighted by Crippen LogP contribution is -2.40. The van der Waals surface area contributed by atoms with Crippen LogP contribution in [0.15, 0.2) is 12.2 Å². The summed E-state index contributed by atoms with van der Waals surface area (Å²) < 4.78 is 0. The van der Waals surface area contributed by atoms with Crippen LogP contribution in [-0.4, -0.2) is 0 Å². The van der Waals surface area contributed by atoms with Crippen molar-refractivity contribution in [1.29, 1.82) is 0 Å². The molecule has 0 saturated heterocycles. The zero-order chi connectivity index (χ0) is 12.1. The molecule has 0 amide bonds. The third kappa shape index (κ3) is 2.08. The third-order valence-electron chi connectivity index (χ3n) is 4.62. The van der Waals surface area contributed by atoms with Crippen LogP contribution in [-0.2, 0) is 0 Å². The Morgan fingerprint density at radius 1 is 0.875 bits per heavy atom. The fraction of sp³-hybridized carbons (Fsp3) is 0.875. The molecule has 0 N–H and O–H groups in total. The monoisotopic (exact) mass is 220 g/mol. The topological polar surface area (TPSA) is 0 Å². The first kappa shape index (κ1) is 12.2. The van der Waals surface area contributed by atoms with Crippen LogP contribution in [0, 0.1) is 34.5 Å². The Bertz CT molecular complexity index is 270. The highest BCUT2D eigenvalue weighted by Gasteiger charge is 2.47. The van der Waals surface area contributed by atoms with Crippen molar-refractivity contribution in [2.24, 2.45) is 34.5 Å². The summed E-state index contributed by atoms with van der Waals surface area (Å²) in [6.45, 7) is 14.6. The standard InChI is InChI=1S/C16H28/c1-15(2,3)14(16(4,5)6)13-10-11-7-8-12(13)9-11/h7-8,11-14H,9-10H2,1-6H3. The molecule has 0 radical (unpaired) electrons. The van der Waals surface area contributed by atoms with Crippen molar-refractivity contribution in [3.8, 4) is 0 Å². The lowest BCUT2D eigenvalue weighted by atomic mass is 9.58. The fourth-order valence-electron chi connectivity index (χ4n) is 4.79. The lowest BCUT2D eigenvalue weighted by molar-refractivity contribution is 0.0307. The van der Waals surface area contributed by atoms with Gasteiger partial charge in [-0.2, -0.15) is 0 Å². The zero-order valence-corrected chi connectivity index (χ0v) is 11.9. The smallest absolute Gasteiger partial charge is 0.0196 e. The number of allylic oxidation sites excluding steroid dienone is 2. The molecule has 2 bridgehead atoms. The second kappa shape index (κ2) is 3.62. The minimum atomic E-state index is 0.432. The summed E-state index contributed by atoms with van der Waals surface area (Å²) in [6.07, 6.45) is 7.85. The molecular weight excluding hydrogens is 192 g/mol. The average molecular weight is 220 g/mol. The van der Waals surface area contributed by atoms with Crippen LogP contribution in [0.1, 0.15) is 54.4 Å². The molecular formula is C16H28. The van der Waals surface area contributed by atoms with Crippen LogP contribution in [0.3, 0.4) is 0 Å². The number of fused-ring (bicyclic) bond motifs is 2. The second-order valence-electron chi connectivity index (χ2n) is 8.15. The molecule has 3 atom stereocenters. The van der Waals surface area contributed by atoms with E-state index in [1.165, 1.54) is 12.8 Å². The molecule has 16 heavy (non-hydrogen) atoms. The van der Waals surface area contributed by atoms with E-state index in [-0.39, 0.29) is 0 Å². The van der Waals surface area contributed by atoms with E-state index >= 15 is 0 Å². The molecule has 1 fully saturated rings. The van der Waals surface area contributed by atoms with Gasteiger partial charge in [0.1, 0.15) is 0 Å². The van der Waals surface area contributed by atoms with E-state index in [4.69, 9.17) is 0 Å². The molecule has 2 aliphatic rings. The van der Waals surface area contributed by atoms with Crippen LogP contribution >= 0.6 is 0 Å². The van der Waals surface area contributed by atoms with Crippen LogP contribution < -0.4 is 0 Å². The summed E-state index contributed by atoms with van der Waals surface area (Å²) in [7, 11) is 0. The molecule has 1 saturated carbocycles. The highest BCUT2D eigenvalue weighted by molar-refractivity contribution is 5.12. The maximum Gasteiger partial charge on any atom is -0.0196 e. The van der Waals surface area contributed by atoms with Crippen LogP contribution in [0.5, 0.6) is 0 Å². The van der Waals surface area contributed by atoms with Gasteiger partial charge in [-0.25, -0.2) is 0 Å². The predicted molar refractivity (Wildman–Crippen MR) is 71.2 cm³/mol. The summed E-state index contributed by atoms with van der Waals surface area (Å²) in [5.41, 5.74) is 0.864. The number of hydrogen-bond donors (Lipinski definition) is 0. The van der Waals surface area contributed by atoms with E-state index < -0.39 is 0 Å². The van der Waals surface area contributed by atoms with Crippen molar-refractivity contribution in [2.45, 2.75) is 54.4 Å². The molecule has 0 aromatic rings. The van der Waals surface area contributed by atoms with Gasteiger partial charge >= 0.3 is 0 Å². The van der Waals surface area contributed by atoms with E-state index in [0.717, 1.165) is 23.7 Å². The molecule has 0 aromatic carbocycles. The summed E-state index contributed by atoms with van der Waals surface area (Å²) in [5, 5.41) is 0. The predicted octanol–water partition coefficient (Wildman–Crippen LogP) is 4.91. The molecule has 0 spiro atoms. The number of rotatable bonds is 1. The second-order valence-corrected chi connectivity index (χ2v) is 8.15. The van der Waals surface area contributed by atoms with Crippen molar-refractivity contribution >= 4 is 0 Å². The Morgan fingerprint density at radius 2 is 1.44 bits per heavy atom. The largest absolute Gasteiger partial charge is 0.0851 e.